The molecule has 0 aliphatic carbocycles. The van der Waals surface area contributed by atoms with Crippen LogP contribution in [0.2, 0.25) is 0 Å². The van der Waals surface area contributed by atoms with Gasteiger partial charge in [-0.15, -0.1) is 11.3 Å². The molecular weight excluding hydrogens is 401 g/mol. The molecule has 3 rings (SSSR count). The Balaban J connectivity index is 2.12. The summed E-state index contributed by atoms with van der Waals surface area (Å²) in [5.74, 6) is -5.37. The van der Waals surface area contributed by atoms with Gasteiger partial charge in [0.15, 0.2) is 15.4 Å². The van der Waals surface area contributed by atoms with Crippen LogP contribution in [0.5, 0.6) is 0 Å². The van der Waals surface area contributed by atoms with E-state index in [2.05, 4.69) is 4.98 Å². The van der Waals surface area contributed by atoms with Crippen LogP contribution in [0.1, 0.15) is 12.5 Å². The molecule has 0 fully saturated rings. The zero-order chi connectivity index (χ0) is 19.3. The Morgan fingerprint density at radius 2 is 1.85 bits per heavy atom. The topological polar surface area (TPSA) is 60.2 Å². The van der Waals surface area contributed by atoms with Crippen LogP contribution in [-0.2, 0) is 15.8 Å². The van der Waals surface area contributed by atoms with Crippen molar-refractivity contribution in [3.05, 3.63) is 35.2 Å². The van der Waals surface area contributed by atoms with Crippen LogP contribution < -0.4 is 0 Å². The summed E-state index contributed by atoms with van der Waals surface area (Å²) in [5, 5.41) is 1.50. The second kappa shape index (κ2) is 6.02. The fraction of sp³-hybridized carbons (Fsp3) is 0.267. The SMILES string of the molecule is CCS(=O)(=O)c1ccsc1-c1nc2cc(C(F)(F)C(F)(F)F)ccc2o1. The van der Waals surface area contributed by atoms with Crippen molar-refractivity contribution in [2.45, 2.75) is 23.9 Å². The summed E-state index contributed by atoms with van der Waals surface area (Å²) in [7, 11) is -3.58. The molecule has 140 valence electrons. The number of halogens is 5. The van der Waals surface area contributed by atoms with Crippen LogP contribution in [0.4, 0.5) is 22.0 Å². The first-order valence-corrected chi connectivity index (χ1v) is 9.67. The minimum atomic E-state index is -5.75. The summed E-state index contributed by atoms with van der Waals surface area (Å²) in [6.45, 7) is 1.45. The molecule has 0 spiro atoms. The highest BCUT2D eigenvalue weighted by Crippen LogP contribution is 2.44. The predicted molar refractivity (Wildman–Crippen MR) is 85.0 cm³/mol. The Hall–Kier alpha value is -2.01. The molecule has 0 aliphatic rings. The van der Waals surface area contributed by atoms with E-state index in [-0.39, 0.29) is 32.5 Å². The number of nitrogens with zero attached hydrogens (tertiary/aromatic N) is 1. The molecule has 0 N–H and O–H groups in total. The van der Waals surface area contributed by atoms with Gasteiger partial charge in [0.1, 0.15) is 10.4 Å². The molecule has 1 aromatic carbocycles. The summed E-state index contributed by atoms with van der Waals surface area (Å²) in [4.78, 5) is 4.03. The number of fused-ring (bicyclic) bond motifs is 1. The van der Waals surface area contributed by atoms with Gasteiger partial charge < -0.3 is 4.42 Å². The number of hydrogen-bond donors (Lipinski definition) is 0. The molecule has 0 radical (unpaired) electrons. The van der Waals surface area contributed by atoms with Crippen LogP contribution in [0.25, 0.3) is 21.9 Å². The minimum Gasteiger partial charge on any atom is -0.435 e. The Morgan fingerprint density at radius 1 is 1.15 bits per heavy atom. The third kappa shape index (κ3) is 2.98. The Labute approximate surface area is 148 Å². The highest BCUT2D eigenvalue weighted by Gasteiger charge is 2.58. The van der Waals surface area contributed by atoms with E-state index in [0.29, 0.717) is 12.1 Å². The van der Waals surface area contributed by atoms with Crippen molar-refractivity contribution in [2.75, 3.05) is 5.75 Å². The first kappa shape index (κ1) is 18.8. The third-order valence-electron chi connectivity index (χ3n) is 3.64. The van der Waals surface area contributed by atoms with Crippen LogP contribution in [-0.4, -0.2) is 25.3 Å². The maximum Gasteiger partial charge on any atom is 0.458 e. The average Bonchev–Trinajstić information content (AvgIpc) is 3.19. The molecule has 3 aromatic rings. The van der Waals surface area contributed by atoms with E-state index in [0.717, 1.165) is 17.4 Å². The summed E-state index contributed by atoms with van der Waals surface area (Å²) in [5.41, 5.74) is -1.53. The number of rotatable bonds is 4. The molecule has 0 saturated carbocycles. The van der Waals surface area contributed by atoms with Crippen molar-refractivity contribution >= 4 is 32.3 Å². The van der Waals surface area contributed by atoms with E-state index in [1.165, 1.54) is 18.4 Å². The smallest absolute Gasteiger partial charge is 0.435 e. The number of hydrogen-bond acceptors (Lipinski definition) is 5. The lowest BCUT2D eigenvalue weighted by Gasteiger charge is -2.19. The number of alkyl halides is 5. The molecule has 0 aliphatic heterocycles. The largest absolute Gasteiger partial charge is 0.458 e. The molecule has 2 heterocycles. The Kier molecular flexibility index (Phi) is 4.34. The normalized spacial score (nSPS) is 13.5. The molecule has 0 bridgehead atoms. The van der Waals surface area contributed by atoms with Crippen molar-refractivity contribution in [3.63, 3.8) is 0 Å². The van der Waals surface area contributed by atoms with Gasteiger partial charge in [0.2, 0.25) is 5.89 Å². The van der Waals surface area contributed by atoms with Gasteiger partial charge in [0.25, 0.3) is 0 Å². The zero-order valence-electron chi connectivity index (χ0n) is 13.0. The van der Waals surface area contributed by atoms with Gasteiger partial charge in [-0.3, -0.25) is 0 Å². The van der Waals surface area contributed by atoms with Gasteiger partial charge in [-0.05, 0) is 29.6 Å². The van der Waals surface area contributed by atoms with Gasteiger partial charge in [-0.1, -0.05) is 6.92 Å². The van der Waals surface area contributed by atoms with Gasteiger partial charge in [-0.25, -0.2) is 13.4 Å². The summed E-state index contributed by atoms with van der Waals surface area (Å²) in [6.07, 6.45) is -5.75. The molecule has 11 heteroatoms. The predicted octanol–water partition coefficient (Wildman–Crippen LogP) is 5.00. The molecule has 0 atom stereocenters. The highest BCUT2D eigenvalue weighted by atomic mass is 32.2. The number of aromatic nitrogens is 1. The molecular formula is C15H10F5NO3S2. The molecule has 26 heavy (non-hydrogen) atoms. The second-order valence-corrected chi connectivity index (χ2v) is 8.45. The average molecular weight is 411 g/mol. The van der Waals surface area contributed by atoms with E-state index < -0.39 is 27.5 Å². The number of thiophene rings is 1. The van der Waals surface area contributed by atoms with Gasteiger partial charge >= 0.3 is 12.1 Å². The van der Waals surface area contributed by atoms with Crippen molar-refractivity contribution in [1.29, 1.82) is 0 Å². The van der Waals surface area contributed by atoms with E-state index in [9.17, 15) is 30.4 Å². The zero-order valence-corrected chi connectivity index (χ0v) is 14.6. The Morgan fingerprint density at radius 3 is 2.46 bits per heavy atom. The van der Waals surface area contributed by atoms with Crippen LogP contribution in [0, 0.1) is 0 Å². The monoisotopic (exact) mass is 411 g/mol. The third-order valence-corrected chi connectivity index (χ3v) is 6.45. The number of sulfone groups is 1. The summed E-state index contributed by atoms with van der Waals surface area (Å²) < 4.78 is 94.0. The fourth-order valence-corrected chi connectivity index (χ4v) is 4.52. The lowest BCUT2D eigenvalue weighted by molar-refractivity contribution is -0.289. The second-order valence-electron chi connectivity index (χ2n) is 5.29. The molecule has 0 amide bonds. The van der Waals surface area contributed by atoms with E-state index in [4.69, 9.17) is 4.42 Å². The standard InChI is InChI=1S/C15H10F5NO3S2/c1-2-26(22,23)11-5-6-25-12(11)13-21-9-7-8(3-4-10(9)24-13)14(16,17)15(18,19)20/h3-7H,2H2,1H3. The summed E-state index contributed by atoms with van der Waals surface area (Å²) in [6, 6.07) is 3.49. The van der Waals surface area contributed by atoms with Crippen molar-refractivity contribution in [2.24, 2.45) is 0 Å². The molecule has 0 saturated heterocycles. The maximum absolute atomic E-state index is 13.5. The van der Waals surface area contributed by atoms with Gasteiger partial charge in [0.05, 0.1) is 10.6 Å². The van der Waals surface area contributed by atoms with Crippen molar-refractivity contribution < 1.29 is 34.8 Å². The molecule has 2 aromatic heterocycles. The molecule has 4 nitrogen and oxygen atoms in total. The van der Waals surface area contributed by atoms with E-state index >= 15 is 0 Å². The highest BCUT2D eigenvalue weighted by molar-refractivity contribution is 7.91. The minimum absolute atomic E-state index is 0.0302. The number of benzene rings is 1. The van der Waals surface area contributed by atoms with Crippen molar-refractivity contribution in [3.8, 4) is 10.8 Å². The number of oxazole rings is 1. The maximum atomic E-state index is 13.5. The molecule has 0 unspecified atom stereocenters. The van der Waals surface area contributed by atoms with Gasteiger partial charge in [0, 0.05) is 5.56 Å². The first-order chi connectivity index (χ1) is 12.0. The van der Waals surface area contributed by atoms with Crippen LogP contribution >= 0.6 is 11.3 Å². The fourth-order valence-electron chi connectivity index (χ4n) is 2.24. The van der Waals surface area contributed by atoms with Crippen LogP contribution in [0.3, 0.4) is 0 Å². The Bertz CT molecular complexity index is 1070. The quantitative estimate of drug-likeness (QED) is 0.567. The van der Waals surface area contributed by atoms with Crippen LogP contribution in [0.15, 0.2) is 39.0 Å². The summed E-state index contributed by atoms with van der Waals surface area (Å²) >= 11 is 1.01. The first-order valence-electron chi connectivity index (χ1n) is 7.13. The van der Waals surface area contributed by atoms with Crippen molar-refractivity contribution in [1.82, 2.24) is 4.98 Å². The lowest BCUT2D eigenvalue weighted by atomic mass is 10.1. The lowest BCUT2D eigenvalue weighted by Crippen LogP contribution is -2.33. The van der Waals surface area contributed by atoms with E-state index in [1.807, 2.05) is 0 Å². The van der Waals surface area contributed by atoms with Gasteiger partial charge in [-0.2, -0.15) is 22.0 Å². The van der Waals surface area contributed by atoms with E-state index in [1.54, 1.807) is 0 Å².